The molecule has 8 heteroatoms. The summed E-state index contributed by atoms with van der Waals surface area (Å²) in [6.45, 7) is 0. The maximum Gasteiger partial charge on any atom is 0.262 e. The second kappa shape index (κ2) is 6.74. The fourth-order valence-electron chi connectivity index (χ4n) is 1.02. The molecule has 0 aliphatic heterocycles. The molecule has 0 fully saturated rings. The summed E-state index contributed by atoms with van der Waals surface area (Å²) in [7, 11) is -4.72. The Morgan fingerprint density at radius 1 is 1.44 bits per heavy atom. The van der Waals surface area contributed by atoms with Crippen LogP contribution in [0.5, 0.6) is 5.75 Å². The smallest absolute Gasteiger partial charge is 0.262 e. The van der Waals surface area contributed by atoms with E-state index in [-0.39, 0.29) is 5.75 Å². The minimum absolute atomic E-state index is 0.0188. The van der Waals surface area contributed by atoms with Crippen LogP contribution in [0.2, 0.25) is 0 Å². The second-order valence-corrected chi connectivity index (χ2v) is 5.50. The highest BCUT2D eigenvalue weighted by Gasteiger charge is 1.98. The van der Waals surface area contributed by atoms with Gasteiger partial charge in [0.15, 0.2) is 0 Å². The van der Waals surface area contributed by atoms with Crippen LogP contribution in [0.25, 0.3) is 6.08 Å². The van der Waals surface area contributed by atoms with Crippen LogP contribution in [0, 0.1) is 0 Å². The molecule has 98 valence electrons. The topological polar surface area (TPSA) is 78.5 Å². The Hall–Kier alpha value is -1.09. The zero-order valence-electron chi connectivity index (χ0n) is 9.32. The van der Waals surface area contributed by atoms with Crippen LogP contribution in [-0.4, -0.2) is 23.5 Å². The van der Waals surface area contributed by atoms with Crippen molar-refractivity contribution < 1.29 is 17.2 Å². The fraction of sp³-hybridized carbons (Fsp3) is 0.100. The molecule has 0 radical (unpaired) electrons. The highest BCUT2D eigenvalue weighted by atomic mass is 32.3. The molecule has 1 rings (SSSR count). The summed E-state index contributed by atoms with van der Waals surface area (Å²) in [6, 6.07) is 6.01. The summed E-state index contributed by atoms with van der Waals surface area (Å²) in [6.07, 6.45) is 5.27. The molecule has 1 N–H and O–H groups in total. The molecule has 18 heavy (non-hydrogen) atoms. The van der Waals surface area contributed by atoms with Crippen LogP contribution in [-0.2, 0) is 10.4 Å². The molecule has 0 amide bonds. The monoisotopic (exact) mass is 304 g/mol. The van der Waals surface area contributed by atoms with Gasteiger partial charge in [0.05, 0.1) is 0 Å². The van der Waals surface area contributed by atoms with Crippen molar-refractivity contribution in [3.05, 3.63) is 36.0 Å². The first-order valence-corrected chi connectivity index (χ1v) is 7.64. The van der Waals surface area contributed by atoms with Crippen molar-refractivity contribution in [3.8, 4) is 5.75 Å². The first-order chi connectivity index (χ1) is 8.40. The summed E-state index contributed by atoms with van der Waals surface area (Å²) >= 11 is 6.35. The fourth-order valence-corrected chi connectivity index (χ4v) is 1.62. The van der Waals surface area contributed by atoms with E-state index in [4.69, 9.17) is 12.2 Å². The van der Waals surface area contributed by atoms with Gasteiger partial charge in [-0.3, -0.25) is 0 Å². The number of thioether (sulfide) groups is 1. The van der Waals surface area contributed by atoms with Crippen molar-refractivity contribution in [2.24, 2.45) is 0 Å². The predicted molar refractivity (Wildman–Crippen MR) is 75.0 cm³/mol. The minimum atomic E-state index is -4.72. The van der Waals surface area contributed by atoms with E-state index in [1.54, 1.807) is 24.4 Å². The lowest BCUT2D eigenvalue weighted by atomic mass is 10.2. The van der Waals surface area contributed by atoms with E-state index in [0.717, 1.165) is 5.56 Å². The summed E-state index contributed by atoms with van der Waals surface area (Å²) in [5, 5.41) is 2.87. The quantitative estimate of drug-likeness (QED) is 0.515. The molecule has 1 aromatic rings. The number of rotatable bonds is 4. The number of benzene rings is 1. The predicted octanol–water partition coefficient (Wildman–Crippen LogP) is 1.73. The zero-order chi connectivity index (χ0) is 13.6. The van der Waals surface area contributed by atoms with Crippen LogP contribution in [0.15, 0.2) is 30.5 Å². The van der Waals surface area contributed by atoms with Gasteiger partial charge in [0.2, 0.25) is 0 Å². The van der Waals surface area contributed by atoms with Gasteiger partial charge in [-0.1, -0.05) is 24.4 Å². The molecule has 0 unspecified atom stereocenters. The van der Waals surface area contributed by atoms with Crippen molar-refractivity contribution in [2.75, 3.05) is 6.26 Å². The van der Waals surface area contributed by atoms with Gasteiger partial charge in [-0.05, 0) is 30.0 Å². The molecule has 1 aromatic carbocycles. The maximum atomic E-state index is 10.3. The molecule has 0 bridgehead atoms. The Balaban J connectivity index is 2.63. The first-order valence-electron chi connectivity index (χ1n) is 4.67. The lowest BCUT2D eigenvalue weighted by Gasteiger charge is -2.08. The normalized spacial score (nSPS) is 11.4. The number of hydrogen-bond donors (Lipinski definition) is 1. The van der Waals surface area contributed by atoms with E-state index in [9.17, 15) is 13.0 Å². The summed E-state index contributed by atoms with van der Waals surface area (Å²) < 4.78 is 35.9. The van der Waals surface area contributed by atoms with Crippen LogP contribution in [0.3, 0.4) is 0 Å². The van der Waals surface area contributed by atoms with Crippen molar-refractivity contribution >= 4 is 44.8 Å². The van der Waals surface area contributed by atoms with Gasteiger partial charge >= 0.3 is 0 Å². The van der Waals surface area contributed by atoms with Gasteiger partial charge < -0.3 is 14.1 Å². The SMILES string of the molecule is CSC(=S)N/C=C/c1ccc(OS(=O)(=O)[O-])cc1. The van der Waals surface area contributed by atoms with E-state index in [1.807, 2.05) is 6.26 Å². The van der Waals surface area contributed by atoms with Crippen molar-refractivity contribution in [3.63, 3.8) is 0 Å². The van der Waals surface area contributed by atoms with Gasteiger partial charge in [0.25, 0.3) is 10.4 Å². The van der Waals surface area contributed by atoms with Gasteiger partial charge in [-0.25, -0.2) is 8.42 Å². The van der Waals surface area contributed by atoms with E-state index >= 15 is 0 Å². The summed E-state index contributed by atoms with van der Waals surface area (Å²) in [4.78, 5) is 0. The first kappa shape index (κ1) is 15.0. The van der Waals surface area contributed by atoms with Crippen molar-refractivity contribution in [1.29, 1.82) is 0 Å². The van der Waals surface area contributed by atoms with Gasteiger partial charge in [-0.2, -0.15) is 0 Å². The molecular weight excluding hydrogens is 294 g/mol. The van der Waals surface area contributed by atoms with Crippen molar-refractivity contribution in [2.45, 2.75) is 0 Å². The van der Waals surface area contributed by atoms with Gasteiger partial charge in [0.1, 0.15) is 10.1 Å². The molecule has 0 saturated carbocycles. The molecule has 0 spiro atoms. The van der Waals surface area contributed by atoms with Gasteiger partial charge in [-0.15, -0.1) is 11.8 Å². The molecule has 0 aliphatic carbocycles. The molecule has 0 aromatic heterocycles. The van der Waals surface area contributed by atoms with E-state index in [1.165, 1.54) is 23.9 Å². The summed E-state index contributed by atoms with van der Waals surface area (Å²) in [5.74, 6) is -0.0188. The highest BCUT2D eigenvalue weighted by Crippen LogP contribution is 2.14. The molecule has 0 saturated heterocycles. The lowest BCUT2D eigenvalue weighted by molar-refractivity contribution is 0.372. The molecular formula is C10H10NO4S3-. The standard InChI is InChI=1S/C10H11NO4S3/c1-17-10(16)11-7-6-8-2-4-9(5-3-8)15-18(12,13)14/h2-7H,1H3,(H,11,16)(H,12,13,14)/p-1/b7-6+. The Morgan fingerprint density at radius 2 is 2.06 bits per heavy atom. The van der Waals surface area contributed by atoms with Gasteiger partial charge in [0, 0.05) is 6.20 Å². The van der Waals surface area contributed by atoms with Crippen molar-refractivity contribution in [1.82, 2.24) is 5.32 Å². The average molecular weight is 304 g/mol. The van der Waals surface area contributed by atoms with Crippen LogP contribution in [0.1, 0.15) is 5.56 Å². The third-order valence-corrected chi connectivity index (χ3v) is 3.24. The summed E-state index contributed by atoms with van der Waals surface area (Å²) in [5.41, 5.74) is 0.807. The van der Waals surface area contributed by atoms with E-state index in [0.29, 0.717) is 4.32 Å². The Labute approximate surface area is 115 Å². The highest BCUT2D eigenvalue weighted by molar-refractivity contribution is 8.22. The van der Waals surface area contributed by atoms with Crippen LogP contribution < -0.4 is 9.50 Å². The van der Waals surface area contributed by atoms with E-state index in [2.05, 4.69) is 9.50 Å². The third-order valence-electron chi connectivity index (χ3n) is 1.74. The largest absolute Gasteiger partial charge is 0.716 e. The Morgan fingerprint density at radius 3 is 2.56 bits per heavy atom. The molecule has 0 heterocycles. The Kier molecular flexibility index (Phi) is 5.60. The molecule has 5 nitrogen and oxygen atoms in total. The zero-order valence-corrected chi connectivity index (χ0v) is 11.8. The number of hydrogen-bond acceptors (Lipinski definition) is 6. The average Bonchev–Trinajstić information content (AvgIpc) is 2.29. The third kappa shape index (κ3) is 6.01. The molecule has 0 aliphatic rings. The number of thiocarbonyl (C=S) groups is 1. The Bertz CT molecular complexity index is 537. The van der Waals surface area contributed by atoms with E-state index < -0.39 is 10.4 Å². The minimum Gasteiger partial charge on any atom is -0.716 e. The van der Waals surface area contributed by atoms with Crippen LogP contribution in [0.4, 0.5) is 0 Å². The second-order valence-electron chi connectivity index (χ2n) is 3.03. The number of nitrogens with one attached hydrogen (secondary N) is 1. The van der Waals surface area contributed by atoms with Crippen LogP contribution >= 0.6 is 24.0 Å². The lowest BCUT2D eigenvalue weighted by Crippen LogP contribution is -2.08. The maximum absolute atomic E-state index is 10.3. The molecule has 0 atom stereocenters.